The molecule has 3 rings (SSSR count). The number of Topliss-reactive ketones (excluding diaryl/α,β-unsaturated/α-hetero) is 1. The molecule has 4 heteroatoms. The number of halogens is 2. The van der Waals surface area contributed by atoms with E-state index in [0.717, 1.165) is 50.4 Å². The molecule has 0 heterocycles. The van der Waals surface area contributed by atoms with Crippen LogP contribution >= 0.6 is 0 Å². The number of rotatable bonds is 10. The highest BCUT2D eigenvalue weighted by Crippen LogP contribution is 2.43. The standard InChI is InChI=1S/C27H40F2O2/c1-3-5-7-19-8-10-20(11-9-19)21-12-14-22(15-13-21)27(30)23-16-17-24(26(29)25(23)28)31-18-6-4-2/h16-17,19-22H,3-15,18H2,1-2H3. The summed E-state index contributed by atoms with van der Waals surface area (Å²) in [6.07, 6.45) is 14.8. The van der Waals surface area contributed by atoms with Gasteiger partial charge < -0.3 is 4.74 Å². The summed E-state index contributed by atoms with van der Waals surface area (Å²) in [6, 6.07) is 2.82. The van der Waals surface area contributed by atoms with Crippen LogP contribution in [-0.4, -0.2) is 12.4 Å². The van der Waals surface area contributed by atoms with Crippen LogP contribution in [0.25, 0.3) is 0 Å². The number of benzene rings is 1. The highest BCUT2D eigenvalue weighted by atomic mass is 19.2. The second-order valence-electron chi connectivity index (χ2n) is 9.84. The van der Waals surface area contributed by atoms with E-state index in [4.69, 9.17) is 4.74 Å². The van der Waals surface area contributed by atoms with Crippen molar-refractivity contribution in [1.29, 1.82) is 0 Å². The van der Waals surface area contributed by atoms with Crippen LogP contribution in [-0.2, 0) is 0 Å². The van der Waals surface area contributed by atoms with E-state index in [-0.39, 0.29) is 23.0 Å². The Labute approximate surface area is 187 Å². The first kappa shape index (κ1) is 24.2. The van der Waals surface area contributed by atoms with Crippen molar-refractivity contribution in [3.63, 3.8) is 0 Å². The normalized spacial score (nSPS) is 26.6. The Morgan fingerprint density at radius 2 is 1.48 bits per heavy atom. The largest absolute Gasteiger partial charge is 0.490 e. The molecule has 1 aromatic rings. The van der Waals surface area contributed by atoms with Crippen LogP contribution in [0.2, 0.25) is 0 Å². The van der Waals surface area contributed by atoms with Crippen LogP contribution in [0.3, 0.4) is 0 Å². The number of hydrogen-bond acceptors (Lipinski definition) is 2. The van der Waals surface area contributed by atoms with Crippen LogP contribution in [0, 0.1) is 35.3 Å². The summed E-state index contributed by atoms with van der Waals surface area (Å²) in [6.45, 7) is 4.63. The lowest BCUT2D eigenvalue weighted by atomic mass is 9.68. The third kappa shape index (κ3) is 6.29. The predicted octanol–water partition coefficient (Wildman–Crippen LogP) is 8.13. The van der Waals surface area contributed by atoms with Gasteiger partial charge in [-0.05, 0) is 74.8 Å². The van der Waals surface area contributed by atoms with Crippen LogP contribution in [0.15, 0.2) is 12.1 Å². The average Bonchev–Trinajstić information content (AvgIpc) is 2.81. The first-order chi connectivity index (χ1) is 15.0. The van der Waals surface area contributed by atoms with Gasteiger partial charge in [-0.1, -0.05) is 52.4 Å². The van der Waals surface area contributed by atoms with E-state index in [1.807, 2.05) is 6.92 Å². The van der Waals surface area contributed by atoms with Gasteiger partial charge in [-0.15, -0.1) is 0 Å². The van der Waals surface area contributed by atoms with Crippen molar-refractivity contribution < 1.29 is 18.3 Å². The first-order valence-electron chi connectivity index (χ1n) is 12.7. The molecule has 1 aromatic carbocycles. The summed E-state index contributed by atoms with van der Waals surface area (Å²) in [7, 11) is 0. The van der Waals surface area contributed by atoms with Crippen molar-refractivity contribution in [3.05, 3.63) is 29.3 Å². The Morgan fingerprint density at radius 3 is 2.10 bits per heavy atom. The monoisotopic (exact) mass is 434 g/mol. The lowest BCUT2D eigenvalue weighted by molar-refractivity contribution is 0.0823. The molecule has 2 aliphatic carbocycles. The summed E-state index contributed by atoms with van der Waals surface area (Å²) >= 11 is 0. The molecule has 0 bridgehead atoms. The molecule has 2 saturated carbocycles. The van der Waals surface area contributed by atoms with Gasteiger partial charge in [0.25, 0.3) is 0 Å². The van der Waals surface area contributed by atoms with Gasteiger partial charge in [-0.2, -0.15) is 4.39 Å². The zero-order valence-electron chi connectivity index (χ0n) is 19.4. The van der Waals surface area contributed by atoms with E-state index in [1.54, 1.807) is 0 Å². The molecule has 174 valence electrons. The van der Waals surface area contributed by atoms with Gasteiger partial charge in [0.2, 0.25) is 5.82 Å². The summed E-state index contributed by atoms with van der Waals surface area (Å²) in [5, 5.41) is 0. The second-order valence-corrected chi connectivity index (χ2v) is 9.84. The minimum Gasteiger partial charge on any atom is -0.490 e. The average molecular weight is 435 g/mol. The van der Waals surface area contributed by atoms with Crippen LogP contribution < -0.4 is 4.74 Å². The molecular formula is C27H40F2O2. The van der Waals surface area contributed by atoms with Crippen molar-refractivity contribution in [2.45, 2.75) is 97.3 Å². The molecule has 0 radical (unpaired) electrons. The van der Waals surface area contributed by atoms with E-state index in [0.29, 0.717) is 12.5 Å². The Morgan fingerprint density at radius 1 is 0.871 bits per heavy atom. The maximum absolute atomic E-state index is 14.6. The summed E-state index contributed by atoms with van der Waals surface area (Å²) < 4.78 is 34.3. The van der Waals surface area contributed by atoms with E-state index in [1.165, 1.54) is 57.1 Å². The molecule has 0 aliphatic heterocycles. The third-order valence-corrected chi connectivity index (χ3v) is 7.73. The minimum absolute atomic E-state index is 0.0965. The van der Waals surface area contributed by atoms with Gasteiger partial charge in [-0.25, -0.2) is 4.39 Å². The number of ether oxygens (including phenoxy) is 1. The van der Waals surface area contributed by atoms with E-state index in [9.17, 15) is 13.6 Å². The first-order valence-corrected chi connectivity index (χ1v) is 12.7. The van der Waals surface area contributed by atoms with Crippen molar-refractivity contribution >= 4 is 5.78 Å². The molecule has 0 spiro atoms. The fourth-order valence-corrected chi connectivity index (χ4v) is 5.67. The van der Waals surface area contributed by atoms with Gasteiger partial charge in [0.15, 0.2) is 17.3 Å². The van der Waals surface area contributed by atoms with Gasteiger partial charge in [0.05, 0.1) is 12.2 Å². The van der Waals surface area contributed by atoms with E-state index >= 15 is 0 Å². The van der Waals surface area contributed by atoms with Crippen LogP contribution in [0.4, 0.5) is 8.78 Å². The summed E-state index contributed by atoms with van der Waals surface area (Å²) in [5.74, 6) is -0.186. The Balaban J connectivity index is 1.51. The quantitative estimate of drug-likeness (QED) is 0.274. The number of carbonyl (C=O) groups is 1. The Bertz CT molecular complexity index is 701. The molecule has 0 aromatic heterocycles. The lowest BCUT2D eigenvalue weighted by Crippen LogP contribution is -2.28. The molecule has 2 aliphatic rings. The van der Waals surface area contributed by atoms with Gasteiger partial charge >= 0.3 is 0 Å². The molecule has 0 amide bonds. The highest BCUT2D eigenvalue weighted by Gasteiger charge is 2.34. The molecule has 0 saturated heterocycles. The summed E-state index contributed by atoms with van der Waals surface area (Å²) in [4.78, 5) is 12.9. The third-order valence-electron chi connectivity index (χ3n) is 7.73. The smallest absolute Gasteiger partial charge is 0.201 e. The molecular weight excluding hydrogens is 394 g/mol. The number of carbonyl (C=O) groups excluding carboxylic acids is 1. The van der Waals surface area contributed by atoms with Crippen molar-refractivity contribution in [1.82, 2.24) is 0 Å². The summed E-state index contributed by atoms with van der Waals surface area (Å²) in [5.41, 5.74) is -0.111. The lowest BCUT2D eigenvalue weighted by Gasteiger charge is -2.37. The van der Waals surface area contributed by atoms with Crippen molar-refractivity contribution in [3.8, 4) is 5.75 Å². The molecule has 2 fully saturated rings. The van der Waals surface area contributed by atoms with Crippen LogP contribution in [0.5, 0.6) is 5.75 Å². The zero-order valence-corrected chi connectivity index (χ0v) is 19.4. The van der Waals surface area contributed by atoms with Crippen LogP contribution in [0.1, 0.15) is 108 Å². The predicted molar refractivity (Wildman–Crippen MR) is 122 cm³/mol. The maximum Gasteiger partial charge on any atom is 0.201 e. The van der Waals surface area contributed by atoms with Crippen molar-refractivity contribution in [2.24, 2.45) is 23.7 Å². The number of ketones is 1. The number of unbranched alkanes of at least 4 members (excludes halogenated alkanes) is 2. The molecule has 0 atom stereocenters. The Kier molecular flexibility index (Phi) is 9.34. The van der Waals surface area contributed by atoms with E-state index in [2.05, 4.69) is 6.92 Å². The van der Waals surface area contributed by atoms with Crippen molar-refractivity contribution in [2.75, 3.05) is 6.61 Å². The fraction of sp³-hybridized carbons (Fsp3) is 0.741. The SMILES string of the molecule is CCCCOc1ccc(C(=O)C2CCC(C3CCC(CCCC)CC3)CC2)c(F)c1F. The maximum atomic E-state index is 14.6. The topological polar surface area (TPSA) is 26.3 Å². The second kappa shape index (κ2) is 12.0. The Hall–Kier alpha value is -1.45. The minimum atomic E-state index is -1.05. The van der Waals surface area contributed by atoms with Gasteiger partial charge in [0, 0.05) is 5.92 Å². The highest BCUT2D eigenvalue weighted by molar-refractivity contribution is 5.98. The molecule has 0 unspecified atom stereocenters. The zero-order chi connectivity index (χ0) is 22.2. The fourth-order valence-electron chi connectivity index (χ4n) is 5.67. The van der Waals surface area contributed by atoms with Gasteiger partial charge in [0.1, 0.15) is 0 Å². The molecule has 2 nitrogen and oxygen atoms in total. The number of hydrogen-bond donors (Lipinski definition) is 0. The van der Waals surface area contributed by atoms with Gasteiger partial charge in [-0.3, -0.25) is 4.79 Å². The van der Waals surface area contributed by atoms with E-state index < -0.39 is 11.6 Å². The molecule has 0 N–H and O–H groups in total. The molecule has 31 heavy (non-hydrogen) atoms.